The maximum absolute atomic E-state index is 5.50. The highest BCUT2D eigenvalue weighted by molar-refractivity contribution is 5.19. The Hall–Kier alpha value is -0.920. The average Bonchev–Trinajstić information content (AvgIpc) is 2.88. The normalized spacial score (nSPS) is 14.5. The Labute approximate surface area is 86.7 Å². The van der Waals surface area contributed by atoms with Crippen LogP contribution in [0, 0.1) is 12.8 Å². The van der Waals surface area contributed by atoms with Crippen molar-refractivity contribution in [1.82, 2.24) is 4.98 Å². The summed E-state index contributed by atoms with van der Waals surface area (Å²) >= 11 is 0. The predicted octanol–water partition coefficient (Wildman–Crippen LogP) is 3.53. The number of aromatic amines is 1. The summed E-state index contributed by atoms with van der Waals surface area (Å²) < 4.78 is 5.50. The van der Waals surface area contributed by atoms with Gasteiger partial charge in [0.1, 0.15) is 0 Å². The molecule has 1 aromatic rings. The highest BCUT2D eigenvalue weighted by atomic mass is 16.5. The summed E-state index contributed by atoms with van der Waals surface area (Å²) in [5.74, 6) is 1.74. The van der Waals surface area contributed by atoms with Crippen LogP contribution in [-0.2, 0) is 0 Å². The Balaban J connectivity index is 0.000000293. The molecule has 0 radical (unpaired) electrons. The molecule has 0 unspecified atom stereocenters. The Morgan fingerprint density at radius 3 is 2.50 bits per heavy atom. The summed E-state index contributed by atoms with van der Waals surface area (Å²) in [4.78, 5) is 3.07. The Kier molecular flexibility index (Phi) is 4.57. The van der Waals surface area contributed by atoms with E-state index in [2.05, 4.69) is 25.8 Å². The number of nitrogens with one attached hydrogen (secondary N) is 1. The molecule has 2 heteroatoms. The number of hydrogen-bond acceptors (Lipinski definition) is 1. The second-order valence-electron chi connectivity index (χ2n) is 4.00. The fraction of sp³-hybridized carbons (Fsp3) is 0.667. The molecule has 0 aliphatic heterocycles. The molecule has 1 N–H and O–H groups in total. The Bertz CT molecular complexity index is 251. The van der Waals surface area contributed by atoms with Crippen LogP contribution in [0.3, 0.4) is 0 Å². The third-order valence-electron chi connectivity index (χ3n) is 1.97. The first kappa shape index (κ1) is 11.2. The zero-order chi connectivity index (χ0) is 10.4. The van der Waals surface area contributed by atoms with Crippen LogP contribution in [0.2, 0.25) is 0 Å². The molecule has 1 aliphatic rings. The molecule has 0 atom stereocenters. The molecule has 1 fully saturated rings. The minimum absolute atomic E-state index is 0.832. The molecule has 1 aliphatic carbocycles. The van der Waals surface area contributed by atoms with Crippen molar-refractivity contribution >= 4 is 0 Å². The third-order valence-corrected chi connectivity index (χ3v) is 1.97. The summed E-state index contributed by atoms with van der Waals surface area (Å²) in [6.07, 6.45) is 5.90. The van der Waals surface area contributed by atoms with Crippen LogP contribution in [-0.4, -0.2) is 11.6 Å². The highest BCUT2D eigenvalue weighted by Gasteiger charge is 2.21. The molecule has 1 aromatic heterocycles. The van der Waals surface area contributed by atoms with E-state index in [4.69, 9.17) is 4.74 Å². The molecular formula is C12H21NO. The Morgan fingerprint density at radius 2 is 2.07 bits per heavy atom. The predicted molar refractivity (Wildman–Crippen MR) is 59.7 cm³/mol. The van der Waals surface area contributed by atoms with Gasteiger partial charge >= 0.3 is 0 Å². The fourth-order valence-electron chi connectivity index (χ4n) is 1.05. The highest BCUT2D eigenvalue weighted by Crippen LogP contribution is 2.29. The van der Waals surface area contributed by atoms with Crippen LogP contribution in [0.25, 0.3) is 0 Å². The van der Waals surface area contributed by atoms with E-state index in [1.54, 1.807) is 0 Å². The van der Waals surface area contributed by atoms with Gasteiger partial charge < -0.3 is 9.72 Å². The summed E-state index contributed by atoms with van der Waals surface area (Å²) in [6.45, 7) is 7.19. The van der Waals surface area contributed by atoms with Crippen molar-refractivity contribution < 1.29 is 4.74 Å². The maximum atomic E-state index is 5.50. The zero-order valence-electron chi connectivity index (χ0n) is 9.47. The average molecular weight is 195 g/mol. The van der Waals surface area contributed by atoms with E-state index in [1.807, 2.05) is 12.3 Å². The smallest absolute Gasteiger partial charge is 0.190 e. The molecule has 0 aromatic carbocycles. The van der Waals surface area contributed by atoms with Gasteiger partial charge in [0.15, 0.2) is 5.88 Å². The lowest BCUT2D eigenvalue weighted by Gasteiger charge is -1.99. The van der Waals surface area contributed by atoms with Crippen molar-refractivity contribution in [1.29, 1.82) is 0 Å². The molecule has 2 rings (SSSR count). The van der Waals surface area contributed by atoms with Gasteiger partial charge in [0.05, 0.1) is 6.61 Å². The van der Waals surface area contributed by atoms with Gasteiger partial charge in [-0.25, -0.2) is 0 Å². The van der Waals surface area contributed by atoms with Gasteiger partial charge in [0.2, 0.25) is 0 Å². The number of ether oxygens (including phenoxy) is 1. The first-order chi connectivity index (χ1) is 6.76. The molecule has 0 spiro atoms. The van der Waals surface area contributed by atoms with Crippen LogP contribution in [0.15, 0.2) is 12.3 Å². The van der Waals surface area contributed by atoms with E-state index < -0.39 is 0 Å². The summed E-state index contributed by atoms with van der Waals surface area (Å²) in [5.41, 5.74) is 1.23. The molecule has 80 valence electrons. The van der Waals surface area contributed by atoms with Gasteiger partial charge in [-0.15, -0.1) is 0 Å². The van der Waals surface area contributed by atoms with Crippen molar-refractivity contribution in [2.24, 2.45) is 5.92 Å². The quantitative estimate of drug-likeness (QED) is 0.784. The lowest BCUT2D eigenvalue weighted by atomic mass is 10.4. The van der Waals surface area contributed by atoms with Crippen molar-refractivity contribution in [2.45, 2.75) is 40.0 Å². The molecule has 1 saturated carbocycles. The molecule has 14 heavy (non-hydrogen) atoms. The van der Waals surface area contributed by atoms with E-state index in [0.717, 1.165) is 18.4 Å². The van der Waals surface area contributed by atoms with Crippen molar-refractivity contribution in [3.8, 4) is 5.88 Å². The van der Waals surface area contributed by atoms with E-state index in [-0.39, 0.29) is 0 Å². The number of aryl methyl sites for hydroxylation is 1. The van der Waals surface area contributed by atoms with Crippen LogP contribution >= 0.6 is 0 Å². The summed E-state index contributed by atoms with van der Waals surface area (Å²) in [7, 11) is 0. The van der Waals surface area contributed by atoms with Crippen LogP contribution in [0.5, 0.6) is 5.88 Å². The minimum Gasteiger partial charge on any atom is -0.479 e. The van der Waals surface area contributed by atoms with Crippen LogP contribution in [0.1, 0.15) is 38.7 Å². The monoisotopic (exact) mass is 195 g/mol. The van der Waals surface area contributed by atoms with Gasteiger partial charge in [-0.3, -0.25) is 0 Å². The maximum Gasteiger partial charge on any atom is 0.190 e. The van der Waals surface area contributed by atoms with Crippen LogP contribution < -0.4 is 4.74 Å². The lowest BCUT2D eigenvalue weighted by molar-refractivity contribution is 0.290. The molecule has 1 heterocycles. The van der Waals surface area contributed by atoms with Gasteiger partial charge in [0, 0.05) is 12.3 Å². The van der Waals surface area contributed by atoms with Crippen molar-refractivity contribution in [2.75, 3.05) is 6.61 Å². The fourth-order valence-corrected chi connectivity index (χ4v) is 1.05. The van der Waals surface area contributed by atoms with Crippen molar-refractivity contribution in [3.63, 3.8) is 0 Å². The van der Waals surface area contributed by atoms with Crippen LogP contribution in [0.4, 0.5) is 0 Å². The van der Waals surface area contributed by atoms with Crippen molar-refractivity contribution in [3.05, 3.63) is 17.8 Å². The second kappa shape index (κ2) is 5.74. The van der Waals surface area contributed by atoms with E-state index in [0.29, 0.717) is 0 Å². The minimum atomic E-state index is 0.832. The molecule has 2 nitrogen and oxygen atoms in total. The first-order valence-corrected chi connectivity index (χ1v) is 5.54. The summed E-state index contributed by atoms with van der Waals surface area (Å²) in [5, 5.41) is 0. The van der Waals surface area contributed by atoms with E-state index in [1.165, 1.54) is 24.8 Å². The summed E-state index contributed by atoms with van der Waals surface area (Å²) in [6, 6.07) is 2.03. The SMILES string of the molecule is CCC.Cc1c[nH]c(OCC2CC2)c1. The van der Waals surface area contributed by atoms with Gasteiger partial charge in [-0.05, 0) is 31.2 Å². The van der Waals surface area contributed by atoms with Gasteiger partial charge in [-0.1, -0.05) is 20.3 Å². The zero-order valence-corrected chi connectivity index (χ0v) is 9.47. The van der Waals surface area contributed by atoms with Gasteiger partial charge in [-0.2, -0.15) is 0 Å². The Morgan fingerprint density at radius 1 is 1.43 bits per heavy atom. The third kappa shape index (κ3) is 4.35. The molecule has 0 bridgehead atoms. The number of H-pyrrole nitrogens is 1. The standard InChI is InChI=1S/C9H13NO.C3H8/c1-7-4-9(10-5-7)11-6-8-2-3-8;1-3-2/h4-5,8,10H,2-3,6H2,1H3;3H2,1-2H3. The van der Waals surface area contributed by atoms with E-state index in [9.17, 15) is 0 Å². The number of aromatic nitrogens is 1. The molecule has 0 amide bonds. The van der Waals surface area contributed by atoms with Gasteiger partial charge in [0.25, 0.3) is 0 Å². The lowest BCUT2D eigenvalue weighted by Crippen LogP contribution is -1.98. The second-order valence-corrected chi connectivity index (χ2v) is 4.00. The topological polar surface area (TPSA) is 25.0 Å². The number of hydrogen-bond donors (Lipinski definition) is 1. The molecule has 0 saturated heterocycles. The number of rotatable bonds is 3. The molecular weight excluding hydrogens is 174 g/mol. The van der Waals surface area contributed by atoms with E-state index >= 15 is 0 Å². The first-order valence-electron chi connectivity index (χ1n) is 5.54. The largest absolute Gasteiger partial charge is 0.479 e.